The lowest BCUT2D eigenvalue weighted by atomic mass is 10.2. The Morgan fingerprint density at radius 3 is 2.91 bits per heavy atom. The number of nitrogens with zero attached hydrogens (tertiary/aromatic N) is 3. The maximum Gasteiger partial charge on any atom is 0.191 e. The van der Waals surface area contributed by atoms with Crippen molar-refractivity contribution in [3.63, 3.8) is 0 Å². The molecule has 0 spiro atoms. The summed E-state index contributed by atoms with van der Waals surface area (Å²) in [6.07, 6.45) is 8.71. The molecule has 0 radical (unpaired) electrons. The third kappa shape index (κ3) is 3.14. The first-order valence-corrected chi connectivity index (χ1v) is 7.84. The van der Waals surface area contributed by atoms with Crippen molar-refractivity contribution >= 4 is 45.8 Å². The zero-order chi connectivity index (χ0) is 15.4. The number of halogens is 1. The lowest BCUT2D eigenvalue weighted by molar-refractivity contribution is 1.01. The van der Waals surface area contributed by atoms with E-state index in [2.05, 4.69) is 26.2 Å². The van der Waals surface area contributed by atoms with E-state index in [-0.39, 0.29) is 0 Å². The average molecular weight is 327 g/mol. The fraction of sp³-hybridized carbons (Fsp3) is 0.0625. The topological polar surface area (TPSA) is 50.7 Å². The van der Waals surface area contributed by atoms with E-state index in [4.69, 9.17) is 18.0 Å². The van der Waals surface area contributed by atoms with Gasteiger partial charge in [-0.05, 0) is 18.2 Å². The molecular formula is C16H11ClN4S. The summed E-state index contributed by atoms with van der Waals surface area (Å²) in [5, 5.41) is 5.36. The van der Waals surface area contributed by atoms with Crippen LogP contribution in [0.4, 0.5) is 11.5 Å². The van der Waals surface area contributed by atoms with Crippen molar-refractivity contribution in [2.45, 2.75) is 5.16 Å². The van der Waals surface area contributed by atoms with E-state index in [1.165, 1.54) is 11.8 Å². The molecule has 0 atom stereocenters. The average Bonchev–Trinajstić information content (AvgIpc) is 2.55. The molecule has 2 heterocycles. The van der Waals surface area contributed by atoms with Crippen LogP contribution < -0.4 is 5.32 Å². The SMILES string of the molecule is C#CCSc1nc(Nc2ccccc2Cl)c2ccncc2n1. The number of pyridine rings is 1. The minimum absolute atomic E-state index is 0.511. The zero-order valence-corrected chi connectivity index (χ0v) is 13.0. The van der Waals surface area contributed by atoms with Crippen LogP contribution in [0.15, 0.2) is 47.9 Å². The summed E-state index contributed by atoms with van der Waals surface area (Å²) in [5.41, 5.74) is 1.54. The molecule has 3 aromatic rings. The van der Waals surface area contributed by atoms with Crippen molar-refractivity contribution in [1.82, 2.24) is 15.0 Å². The number of nitrogens with one attached hydrogen (secondary N) is 1. The summed E-state index contributed by atoms with van der Waals surface area (Å²) in [5.74, 6) is 3.76. The van der Waals surface area contributed by atoms with Gasteiger partial charge in [-0.2, -0.15) is 0 Å². The van der Waals surface area contributed by atoms with Crippen molar-refractivity contribution in [2.75, 3.05) is 11.1 Å². The quantitative estimate of drug-likeness (QED) is 0.443. The van der Waals surface area contributed by atoms with Crippen LogP contribution in [-0.4, -0.2) is 20.7 Å². The molecule has 0 unspecified atom stereocenters. The second-order valence-corrected chi connectivity index (χ2v) is 5.69. The van der Waals surface area contributed by atoms with Gasteiger partial charge in [-0.25, -0.2) is 9.97 Å². The van der Waals surface area contributed by atoms with Crippen LogP contribution in [0.1, 0.15) is 0 Å². The molecule has 0 saturated carbocycles. The summed E-state index contributed by atoms with van der Waals surface area (Å²) >= 11 is 7.60. The van der Waals surface area contributed by atoms with Crippen molar-refractivity contribution in [1.29, 1.82) is 0 Å². The smallest absolute Gasteiger partial charge is 0.191 e. The van der Waals surface area contributed by atoms with E-state index in [0.29, 0.717) is 21.7 Å². The van der Waals surface area contributed by atoms with Gasteiger partial charge >= 0.3 is 0 Å². The molecule has 4 nitrogen and oxygen atoms in total. The molecule has 3 rings (SSSR count). The maximum atomic E-state index is 6.20. The Morgan fingerprint density at radius 2 is 2.09 bits per heavy atom. The minimum Gasteiger partial charge on any atom is -0.338 e. The molecule has 2 aromatic heterocycles. The predicted molar refractivity (Wildman–Crippen MR) is 91.6 cm³/mol. The Balaban J connectivity index is 2.06. The Morgan fingerprint density at radius 1 is 1.23 bits per heavy atom. The van der Waals surface area contributed by atoms with Gasteiger partial charge in [0.15, 0.2) is 5.16 Å². The second-order valence-electron chi connectivity index (χ2n) is 4.35. The molecule has 0 aliphatic rings. The molecule has 22 heavy (non-hydrogen) atoms. The molecule has 1 N–H and O–H groups in total. The zero-order valence-electron chi connectivity index (χ0n) is 11.5. The molecular weight excluding hydrogens is 316 g/mol. The van der Waals surface area contributed by atoms with Crippen molar-refractivity contribution < 1.29 is 0 Å². The molecule has 0 aliphatic heterocycles. The second kappa shape index (κ2) is 6.65. The number of hydrogen-bond acceptors (Lipinski definition) is 5. The lowest BCUT2D eigenvalue weighted by Gasteiger charge is -2.11. The van der Waals surface area contributed by atoms with Crippen molar-refractivity contribution in [3.8, 4) is 12.3 Å². The lowest BCUT2D eigenvalue weighted by Crippen LogP contribution is -1.99. The van der Waals surface area contributed by atoms with Crippen molar-refractivity contribution in [3.05, 3.63) is 47.7 Å². The van der Waals surface area contributed by atoms with E-state index in [1.807, 2.05) is 30.3 Å². The number of rotatable bonds is 4. The van der Waals surface area contributed by atoms with E-state index in [9.17, 15) is 0 Å². The summed E-state index contributed by atoms with van der Waals surface area (Å²) in [4.78, 5) is 13.1. The standard InChI is InChI=1S/C16H11ClN4S/c1-2-9-22-16-20-14-10-18-8-7-11(14)15(21-16)19-13-6-4-3-5-12(13)17/h1,3-8,10H,9H2,(H,19,20,21). The predicted octanol–water partition coefficient (Wildman–Crippen LogP) is 4.15. The molecule has 0 amide bonds. The molecule has 108 valence electrons. The largest absolute Gasteiger partial charge is 0.338 e. The highest BCUT2D eigenvalue weighted by Crippen LogP contribution is 2.29. The molecule has 1 aromatic carbocycles. The van der Waals surface area contributed by atoms with Crippen LogP contribution in [0.25, 0.3) is 10.9 Å². The Hall–Kier alpha value is -2.29. The summed E-state index contributed by atoms with van der Waals surface area (Å²) in [6.45, 7) is 0. The minimum atomic E-state index is 0.511. The van der Waals surface area contributed by atoms with Crippen LogP contribution >= 0.6 is 23.4 Å². The van der Waals surface area contributed by atoms with Gasteiger partial charge in [0.1, 0.15) is 5.82 Å². The van der Waals surface area contributed by atoms with Gasteiger partial charge in [0.2, 0.25) is 0 Å². The maximum absolute atomic E-state index is 6.20. The van der Waals surface area contributed by atoms with Crippen LogP contribution in [0.3, 0.4) is 0 Å². The van der Waals surface area contributed by atoms with Gasteiger partial charge in [0.25, 0.3) is 0 Å². The molecule has 0 aliphatic carbocycles. The number of para-hydroxylation sites is 1. The van der Waals surface area contributed by atoms with Crippen LogP contribution in [-0.2, 0) is 0 Å². The monoisotopic (exact) mass is 326 g/mol. The summed E-state index contributed by atoms with van der Waals surface area (Å²) < 4.78 is 0. The normalized spacial score (nSPS) is 10.4. The summed E-state index contributed by atoms with van der Waals surface area (Å²) in [6, 6.07) is 9.37. The third-order valence-corrected chi connectivity index (χ3v) is 3.97. The van der Waals surface area contributed by atoms with E-state index >= 15 is 0 Å². The number of fused-ring (bicyclic) bond motifs is 1. The Kier molecular flexibility index (Phi) is 4.42. The highest BCUT2D eigenvalue weighted by atomic mass is 35.5. The number of thioether (sulfide) groups is 1. The highest BCUT2D eigenvalue weighted by Gasteiger charge is 2.09. The first kappa shape index (κ1) is 14.6. The van der Waals surface area contributed by atoms with Gasteiger partial charge in [-0.15, -0.1) is 6.42 Å². The summed E-state index contributed by atoms with van der Waals surface area (Å²) in [7, 11) is 0. The molecule has 6 heteroatoms. The number of hydrogen-bond donors (Lipinski definition) is 1. The fourth-order valence-electron chi connectivity index (χ4n) is 1.92. The fourth-order valence-corrected chi connectivity index (χ4v) is 2.63. The van der Waals surface area contributed by atoms with Gasteiger partial charge in [-0.1, -0.05) is 41.4 Å². The Bertz CT molecular complexity index is 860. The van der Waals surface area contributed by atoms with Gasteiger partial charge in [0.05, 0.1) is 28.2 Å². The van der Waals surface area contributed by atoms with Crippen LogP contribution in [0.5, 0.6) is 0 Å². The highest BCUT2D eigenvalue weighted by molar-refractivity contribution is 7.99. The van der Waals surface area contributed by atoms with Gasteiger partial charge in [0, 0.05) is 11.6 Å². The van der Waals surface area contributed by atoms with E-state index < -0.39 is 0 Å². The van der Waals surface area contributed by atoms with Crippen molar-refractivity contribution in [2.24, 2.45) is 0 Å². The van der Waals surface area contributed by atoms with Gasteiger partial charge < -0.3 is 5.32 Å². The number of terminal acetylenes is 1. The number of anilines is 2. The third-order valence-electron chi connectivity index (χ3n) is 2.89. The molecule has 0 fully saturated rings. The first-order valence-electron chi connectivity index (χ1n) is 6.47. The molecule has 0 bridgehead atoms. The number of aromatic nitrogens is 3. The first-order chi connectivity index (χ1) is 10.8. The van der Waals surface area contributed by atoms with E-state index in [0.717, 1.165) is 16.6 Å². The molecule has 0 saturated heterocycles. The van der Waals surface area contributed by atoms with Crippen LogP contribution in [0.2, 0.25) is 5.02 Å². The van der Waals surface area contributed by atoms with Crippen LogP contribution in [0, 0.1) is 12.3 Å². The Labute approximate surface area is 137 Å². The van der Waals surface area contributed by atoms with E-state index in [1.54, 1.807) is 12.4 Å². The number of benzene rings is 1. The van der Waals surface area contributed by atoms with Gasteiger partial charge in [-0.3, -0.25) is 4.98 Å².